The van der Waals surface area contributed by atoms with E-state index in [1.165, 1.54) is 19.3 Å². The molecular weight excluding hydrogens is 236 g/mol. The highest BCUT2D eigenvalue weighted by atomic mass is 16.5. The van der Waals surface area contributed by atoms with Crippen LogP contribution in [0.5, 0.6) is 0 Å². The van der Waals surface area contributed by atoms with Crippen molar-refractivity contribution in [2.45, 2.75) is 52.2 Å². The molecule has 1 aliphatic heterocycles. The Kier molecular flexibility index (Phi) is 8.35. The summed E-state index contributed by atoms with van der Waals surface area (Å²) < 4.78 is 6.13. The first-order chi connectivity index (χ1) is 9.15. The molecule has 0 bridgehead atoms. The van der Waals surface area contributed by atoms with Gasteiger partial charge in [0, 0.05) is 19.6 Å². The Bertz CT molecular complexity index is 243. The number of hydrogen-bond acceptors (Lipinski definition) is 3. The highest BCUT2D eigenvalue weighted by molar-refractivity contribution is 4.81. The van der Waals surface area contributed by atoms with Crippen LogP contribution < -0.4 is 5.32 Å². The van der Waals surface area contributed by atoms with Gasteiger partial charge in [0.25, 0.3) is 0 Å². The van der Waals surface area contributed by atoms with Gasteiger partial charge in [-0.05, 0) is 38.3 Å². The van der Waals surface area contributed by atoms with Crippen LogP contribution in [0.25, 0.3) is 0 Å². The average Bonchev–Trinajstić information content (AvgIpc) is 2.77. The maximum atomic E-state index is 6.13. The minimum atomic E-state index is 0.413. The minimum Gasteiger partial charge on any atom is -0.372 e. The second-order valence-electron chi connectivity index (χ2n) is 6.06. The summed E-state index contributed by atoms with van der Waals surface area (Å²) in [5.74, 6) is 0.713. The van der Waals surface area contributed by atoms with Crippen LogP contribution in [0.3, 0.4) is 0 Å². The van der Waals surface area contributed by atoms with Crippen molar-refractivity contribution in [3.8, 4) is 0 Å². The molecule has 2 unspecified atom stereocenters. The van der Waals surface area contributed by atoms with Crippen molar-refractivity contribution >= 4 is 0 Å². The maximum Gasteiger partial charge on any atom is 0.0707 e. The highest BCUT2D eigenvalue weighted by Gasteiger charge is 2.26. The third kappa shape index (κ3) is 7.09. The largest absolute Gasteiger partial charge is 0.372 e. The Morgan fingerprint density at radius 2 is 2.11 bits per heavy atom. The van der Waals surface area contributed by atoms with E-state index in [0.717, 1.165) is 32.7 Å². The minimum absolute atomic E-state index is 0.413. The molecule has 3 heteroatoms. The zero-order chi connectivity index (χ0) is 14.1. The molecule has 19 heavy (non-hydrogen) atoms. The topological polar surface area (TPSA) is 24.5 Å². The Morgan fingerprint density at radius 3 is 2.74 bits per heavy atom. The van der Waals surface area contributed by atoms with Gasteiger partial charge in [-0.2, -0.15) is 0 Å². The van der Waals surface area contributed by atoms with Crippen molar-refractivity contribution in [2.24, 2.45) is 5.92 Å². The molecule has 112 valence electrons. The van der Waals surface area contributed by atoms with Crippen molar-refractivity contribution < 1.29 is 4.74 Å². The van der Waals surface area contributed by atoms with Crippen LogP contribution >= 0.6 is 0 Å². The second kappa shape index (κ2) is 9.51. The molecule has 0 saturated carbocycles. The Hall–Kier alpha value is -0.380. The summed E-state index contributed by atoms with van der Waals surface area (Å²) in [6.45, 7) is 15.8. The van der Waals surface area contributed by atoms with Crippen molar-refractivity contribution in [3.05, 3.63) is 12.7 Å². The van der Waals surface area contributed by atoms with Crippen molar-refractivity contribution in [1.82, 2.24) is 10.2 Å². The number of rotatable bonds is 10. The van der Waals surface area contributed by atoms with Gasteiger partial charge in [0.05, 0.1) is 12.2 Å². The summed E-state index contributed by atoms with van der Waals surface area (Å²) in [5, 5.41) is 3.50. The summed E-state index contributed by atoms with van der Waals surface area (Å²) in [7, 11) is 0. The van der Waals surface area contributed by atoms with Gasteiger partial charge in [0.1, 0.15) is 0 Å². The van der Waals surface area contributed by atoms with Crippen molar-refractivity contribution in [1.29, 1.82) is 0 Å². The van der Waals surface area contributed by atoms with Crippen LogP contribution in [0.1, 0.15) is 40.0 Å². The Balaban J connectivity index is 2.20. The van der Waals surface area contributed by atoms with Gasteiger partial charge in [0.2, 0.25) is 0 Å². The fraction of sp³-hybridized carbons (Fsp3) is 0.875. The van der Waals surface area contributed by atoms with Crippen LogP contribution in [0.4, 0.5) is 0 Å². The first-order valence-corrected chi connectivity index (χ1v) is 7.85. The standard InChI is InChI=1S/C16H32N2O/c1-5-9-18(10-6-2)13-16-8-7-15(19-16)12-17-11-14(3)4/h5,14-17H,1,6-13H2,2-4H3. The number of ether oxygens (including phenoxy) is 1. The molecular formula is C16H32N2O. The molecule has 0 aliphatic carbocycles. The highest BCUT2D eigenvalue weighted by Crippen LogP contribution is 2.20. The summed E-state index contributed by atoms with van der Waals surface area (Å²) in [4.78, 5) is 2.45. The van der Waals surface area contributed by atoms with E-state index in [2.05, 4.69) is 37.6 Å². The third-order valence-corrected chi connectivity index (χ3v) is 3.51. The van der Waals surface area contributed by atoms with E-state index in [-0.39, 0.29) is 0 Å². The van der Waals surface area contributed by atoms with Crippen LogP contribution in [0, 0.1) is 5.92 Å². The molecule has 1 saturated heterocycles. The van der Waals surface area contributed by atoms with E-state index >= 15 is 0 Å². The summed E-state index contributed by atoms with van der Waals surface area (Å²) in [5.41, 5.74) is 0. The lowest BCUT2D eigenvalue weighted by molar-refractivity contribution is 0.0252. The van der Waals surface area contributed by atoms with Gasteiger partial charge in [-0.15, -0.1) is 6.58 Å². The van der Waals surface area contributed by atoms with Gasteiger partial charge in [-0.1, -0.05) is 26.8 Å². The number of hydrogen-bond donors (Lipinski definition) is 1. The van der Waals surface area contributed by atoms with Gasteiger partial charge in [0.15, 0.2) is 0 Å². The summed E-state index contributed by atoms with van der Waals surface area (Å²) in [6.07, 6.45) is 6.41. The van der Waals surface area contributed by atoms with Crippen LogP contribution in [-0.4, -0.2) is 49.8 Å². The molecule has 1 rings (SSSR count). The van der Waals surface area contributed by atoms with Gasteiger partial charge in [-0.3, -0.25) is 4.90 Å². The molecule has 0 spiro atoms. The lowest BCUT2D eigenvalue weighted by atomic mass is 10.1. The normalized spacial score (nSPS) is 23.4. The zero-order valence-corrected chi connectivity index (χ0v) is 13.0. The SMILES string of the molecule is C=CCN(CCC)CC1CCC(CNCC(C)C)O1. The average molecular weight is 268 g/mol. The van der Waals surface area contributed by atoms with E-state index in [0.29, 0.717) is 18.1 Å². The predicted molar refractivity (Wildman–Crippen MR) is 82.5 cm³/mol. The lowest BCUT2D eigenvalue weighted by Gasteiger charge is -2.24. The molecule has 0 aromatic carbocycles. The Labute approximate surface area is 119 Å². The first-order valence-electron chi connectivity index (χ1n) is 7.85. The maximum absolute atomic E-state index is 6.13. The lowest BCUT2D eigenvalue weighted by Crippen LogP contribution is -2.35. The predicted octanol–water partition coefficient (Wildman–Crippen LogP) is 2.68. The molecule has 3 nitrogen and oxygen atoms in total. The van der Waals surface area contributed by atoms with Crippen LogP contribution in [-0.2, 0) is 4.74 Å². The van der Waals surface area contributed by atoms with Gasteiger partial charge < -0.3 is 10.1 Å². The van der Waals surface area contributed by atoms with E-state index in [1.807, 2.05) is 6.08 Å². The molecule has 1 N–H and O–H groups in total. The van der Waals surface area contributed by atoms with Crippen LogP contribution in [0.2, 0.25) is 0 Å². The second-order valence-corrected chi connectivity index (χ2v) is 6.06. The zero-order valence-electron chi connectivity index (χ0n) is 13.0. The monoisotopic (exact) mass is 268 g/mol. The van der Waals surface area contributed by atoms with E-state index < -0.39 is 0 Å². The van der Waals surface area contributed by atoms with Gasteiger partial charge in [-0.25, -0.2) is 0 Å². The molecule has 1 heterocycles. The Morgan fingerprint density at radius 1 is 1.37 bits per heavy atom. The van der Waals surface area contributed by atoms with Gasteiger partial charge >= 0.3 is 0 Å². The van der Waals surface area contributed by atoms with E-state index in [9.17, 15) is 0 Å². The first kappa shape index (κ1) is 16.7. The van der Waals surface area contributed by atoms with Crippen molar-refractivity contribution in [2.75, 3.05) is 32.7 Å². The molecule has 2 atom stereocenters. The molecule has 1 aliphatic rings. The molecule has 0 aromatic heterocycles. The van der Waals surface area contributed by atoms with E-state index in [1.54, 1.807) is 0 Å². The molecule has 0 amide bonds. The molecule has 1 fully saturated rings. The third-order valence-electron chi connectivity index (χ3n) is 3.51. The van der Waals surface area contributed by atoms with Crippen molar-refractivity contribution in [3.63, 3.8) is 0 Å². The quantitative estimate of drug-likeness (QED) is 0.617. The summed E-state index contributed by atoms with van der Waals surface area (Å²) >= 11 is 0. The number of nitrogens with zero attached hydrogens (tertiary/aromatic N) is 1. The van der Waals surface area contributed by atoms with E-state index in [4.69, 9.17) is 4.74 Å². The smallest absolute Gasteiger partial charge is 0.0707 e. The number of nitrogens with one attached hydrogen (secondary N) is 1. The molecule has 0 aromatic rings. The fourth-order valence-electron chi connectivity index (χ4n) is 2.64. The summed E-state index contributed by atoms with van der Waals surface area (Å²) in [6, 6.07) is 0. The van der Waals surface area contributed by atoms with Crippen LogP contribution in [0.15, 0.2) is 12.7 Å². The fourth-order valence-corrected chi connectivity index (χ4v) is 2.64. The molecule has 0 radical (unpaired) electrons.